The number of carbonyl (C=O) groups excluding carboxylic acids is 1. The molecule has 0 radical (unpaired) electrons. The van der Waals surface area contributed by atoms with Gasteiger partial charge in [0.2, 0.25) is 0 Å². The molecule has 3 aromatic carbocycles. The molecular weight excluding hydrogens is 248 g/mol. The van der Waals surface area contributed by atoms with Gasteiger partial charge in [0.05, 0.1) is 0 Å². The molecule has 0 N–H and O–H groups in total. The lowest BCUT2D eigenvalue weighted by molar-refractivity contribution is -0.145. The van der Waals surface area contributed by atoms with Gasteiger partial charge in [-0.15, -0.1) is 0 Å². The zero-order valence-electron chi connectivity index (χ0n) is 11.6. The molecule has 0 aliphatic heterocycles. The maximum absolute atomic E-state index is 11.3. The lowest BCUT2D eigenvalue weighted by Crippen LogP contribution is -2.06. The zero-order chi connectivity index (χ0) is 14.1. The van der Waals surface area contributed by atoms with Crippen molar-refractivity contribution in [2.45, 2.75) is 20.0 Å². The zero-order valence-corrected chi connectivity index (χ0v) is 11.6. The first-order chi connectivity index (χ1) is 9.66. The first-order valence-corrected chi connectivity index (χ1v) is 6.74. The average molecular weight is 264 g/mol. The van der Waals surface area contributed by atoms with Crippen molar-refractivity contribution in [3.05, 3.63) is 60.2 Å². The summed E-state index contributed by atoms with van der Waals surface area (Å²) in [5, 5.41) is 4.61. The topological polar surface area (TPSA) is 26.3 Å². The average Bonchev–Trinajstić information content (AvgIpc) is 2.43. The Balaban J connectivity index is 2.35. The van der Waals surface area contributed by atoms with Crippen molar-refractivity contribution in [2.75, 3.05) is 0 Å². The highest BCUT2D eigenvalue weighted by Gasteiger charge is 2.15. The molecule has 3 rings (SSSR count). The molecule has 2 nitrogen and oxygen atoms in total. The lowest BCUT2D eigenvalue weighted by Gasteiger charge is -2.17. The van der Waals surface area contributed by atoms with E-state index in [1.165, 1.54) is 17.7 Å². The molecule has 3 aromatic rings. The highest BCUT2D eigenvalue weighted by molar-refractivity contribution is 6.02. The maximum atomic E-state index is 11.3. The Morgan fingerprint density at radius 3 is 1.95 bits per heavy atom. The Morgan fingerprint density at radius 1 is 0.950 bits per heavy atom. The molecule has 0 aliphatic carbocycles. The molecule has 1 atom stereocenters. The third kappa shape index (κ3) is 2.14. The molecule has 0 heterocycles. The van der Waals surface area contributed by atoms with Gasteiger partial charge in [0.1, 0.15) is 6.10 Å². The Morgan fingerprint density at radius 2 is 1.45 bits per heavy atom. The first kappa shape index (κ1) is 12.7. The van der Waals surface area contributed by atoms with Crippen molar-refractivity contribution in [2.24, 2.45) is 0 Å². The molecule has 0 aliphatic rings. The van der Waals surface area contributed by atoms with Gasteiger partial charge in [0.25, 0.3) is 0 Å². The fraction of sp³-hybridized carbons (Fsp3) is 0.167. The summed E-state index contributed by atoms with van der Waals surface area (Å²) in [6.45, 7) is 3.37. The van der Waals surface area contributed by atoms with Crippen LogP contribution < -0.4 is 0 Å². The van der Waals surface area contributed by atoms with Crippen LogP contribution in [0.25, 0.3) is 21.5 Å². The Bertz CT molecular complexity index is 736. The molecule has 0 bridgehead atoms. The number of hydrogen-bond acceptors (Lipinski definition) is 2. The molecule has 20 heavy (non-hydrogen) atoms. The Hall–Kier alpha value is -2.35. The molecule has 0 saturated carbocycles. The fourth-order valence-corrected chi connectivity index (χ4v) is 2.79. The molecular formula is C18H16O2. The number of esters is 1. The van der Waals surface area contributed by atoms with Crippen LogP contribution >= 0.6 is 0 Å². The van der Waals surface area contributed by atoms with E-state index < -0.39 is 0 Å². The van der Waals surface area contributed by atoms with Crippen LogP contribution in [0.2, 0.25) is 0 Å². The third-order valence-corrected chi connectivity index (χ3v) is 3.56. The smallest absolute Gasteiger partial charge is 0.303 e. The van der Waals surface area contributed by atoms with Crippen LogP contribution in [0.4, 0.5) is 0 Å². The van der Waals surface area contributed by atoms with Crippen molar-refractivity contribution < 1.29 is 9.53 Å². The fourth-order valence-electron chi connectivity index (χ4n) is 2.79. The first-order valence-electron chi connectivity index (χ1n) is 6.74. The van der Waals surface area contributed by atoms with E-state index in [1.54, 1.807) is 0 Å². The largest absolute Gasteiger partial charge is 0.458 e. The number of hydrogen-bond donors (Lipinski definition) is 0. The van der Waals surface area contributed by atoms with Crippen LogP contribution in [0.3, 0.4) is 0 Å². The highest BCUT2D eigenvalue weighted by atomic mass is 16.5. The number of carbonyl (C=O) groups is 1. The van der Waals surface area contributed by atoms with Crippen LogP contribution in [-0.2, 0) is 9.53 Å². The molecule has 0 amide bonds. The number of benzene rings is 3. The van der Waals surface area contributed by atoms with Gasteiger partial charge in [-0.25, -0.2) is 0 Å². The minimum atomic E-state index is -0.261. The standard InChI is InChI=1S/C18H16O2/c1-12(20-13(2)19)18-16-9-5-3-7-14(16)11-15-8-4-6-10-17(15)18/h3-12H,1-2H3. The van der Waals surface area contributed by atoms with Crippen molar-refractivity contribution in [3.63, 3.8) is 0 Å². The predicted octanol–water partition coefficient (Wildman–Crippen LogP) is 4.62. The second kappa shape index (κ2) is 4.97. The van der Waals surface area contributed by atoms with Crippen molar-refractivity contribution >= 4 is 27.5 Å². The quantitative estimate of drug-likeness (QED) is 0.499. The Kier molecular flexibility index (Phi) is 3.15. The van der Waals surface area contributed by atoms with Crippen molar-refractivity contribution in [1.82, 2.24) is 0 Å². The monoisotopic (exact) mass is 264 g/mol. The van der Waals surface area contributed by atoms with Gasteiger partial charge in [-0.3, -0.25) is 4.79 Å². The summed E-state index contributed by atoms with van der Waals surface area (Å²) < 4.78 is 5.41. The van der Waals surface area contributed by atoms with Crippen molar-refractivity contribution in [3.8, 4) is 0 Å². The number of ether oxygens (including phenoxy) is 1. The summed E-state index contributed by atoms with van der Waals surface area (Å²) in [5.41, 5.74) is 1.08. The van der Waals surface area contributed by atoms with Gasteiger partial charge in [0.15, 0.2) is 0 Å². The summed E-state index contributed by atoms with van der Waals surface area (Å²) in [6, 6.07) is 18.6. The van der Waals surface area contributed by atoms with E-state index in [4.69, 9.17) is 4.74 Å². The molecule has 100 valence electrons. The van der Waals surface area contributed by atoms with Gasteiger partial charge in [-0.1, -0.05) is 48.5 Å². The van der Waals surface area contributed by atoms with Gasteiger partial charge < -0.3 is 4.74 Å². The van der Waals surface area contributed by atoms with E-state index in [1.807, 2.05) is 31.2 Å². The van der Waals surface area contributed by atoms with Gasteiger partial charge >= 0.3 is 5.97 Å². The van der Waals surface area contributed by atoms with E-state index in [9.17, 15) is 4.79 Å². The van der Waals surface area contributed by atoms with Gasteiger partial charge in [-0.05, 0) is 34.5 Å². The Labute approximate surface area is 118 Å². The number of fused-ring (bicyclic) bond motifs is 2. The molecule has 0 saturated heterocycles. The third-order valence-electron chi connectivity index (χ3n) is 3.56. The number of rotatable bonds is 2. The molecule has 0 aromatic heterocycles. The van der Waals surface area contributed by atoms with E-state index >= 15 is 0 Å². The van der Waals surface area contributed by atoms with Gasteiger partial charge in [0, 0.05) is 12.5 Å². The summed E-state index contributed by atoms with van der Waals surface area (Å²) in [5.74, 6) is -0.255. The highest BCUT2D eigenvalue weighted by Crippen LogP contribution is 2.34. The normalized spacial score (nSPS) is 12.5. The predicted molar refractivity (Wildman–Crippen MR) is 81.6 cm³/mol. The van der Waals surface area contributed by atoms with Crippen LogP contribution in [-0.4, -0.2) is 5.97 Å². The van der Waals surface area contributed by atoms with Crippen LogP contribution in [0.15, 0.2) is 54.6 Å². The van der Waals surface area contributed by atoms with E-state index in [0.717, 1.165) is 16.3 Å². The minimum absolute atomic E-state index is 0.255. The molecule has 0 spiro atoms. The molecule has 0 fully saturated rings. The second-order valence-corrected chi connectivity index (χ2v) is 4.98. The van der Waals surface area contributed by atoms with Crippen molar-refractivity contribution in [1.29, 1.82) is 0 Å². The second-order valence-electron chi connectivity index (χ2n) is 4.98. The van der Waals surface area contributed by atoms with E-state index in [-0.39, 0.29) is 12.1 Å². The van der Waals surface area contributed by atoms with Crippen LogP contribution in [0.1, 0.15) is 25.5 Å². The molecule has 2 heteroatoms. The van der Waals surface area contributed by atoms with Crippen LogP contribution in [0.5, 0.6) is 0 Å². The van der Waals surface area contributed by atoms with Crippen LogP contribution in [0, 0.1) is 0 Å². The summed E-state index contributed by atoms with van der Waals surface area (Å²) >= 11 is 0. The van der Waals surface area contributed by atoms with E-state index in [0.29, 0.717) is 0 Å². The van der Waals surface area contributed by atoms with Gasteiger partial charge in [-0.2, -0.15) is 0 Å². The maximum Gasteiger partial charge on any atom is 0.303 e. The summed E-state index contributed by atoms with van der Waals surface area (Å²) in [4.78, 5) is 11.3. The molecule has 1 unspecified atom stereocenters. The SMILES string of the molecule is CC(=O)OC(C)c1c2ccccc2cc2ccccc12. The lowest BCUT2D eigenvalue weighted by atomic mass is 9.94. The summed E-state index contributed by atoms with van der Waals surface area (Å²) in [7, 11) is 0. The minimum Gasteiger partial charge on any atom is -0.458 e. The van der Waals surface area contributed by atoms with E-state index in [2.05, 4.69) is 30.3 Å². The summed E-state index contributed by atoms with van der Waals surface area (Å²) in [6.07, 6.45) is -0.261.